The molecule has 1 aliphatic rings. The van der Waals surface area contributed by atoms with Gasteiger partial charge in [0.25, 0.3) is 5.91 Å². The number of rotatable bonds is 4. The van der Waals surface area contributed by atoms with Crippen molar-refractivity contribution < 1.29 is 23.1 Å². The first kappa shape index (κ1) is 17.6. The Bertz CT molecular complexity index is 942. The summed E-state index contributed by atoms with van der Waals surface area (Å²) in [4.78, 5) is 12.5. The van der Waals surface area contributed by atoms with Crippen molar-refractivity contribution in [3.63, 3.8) is 0 Å². The van der Waals surface area contributed by atoms with E-state index in [9.17, 15) is 18.3 Å². The van der Waals surface area contributed by atoms with E-state index in [0.717, 1.165) is 5.56 Å². The zero-order valence-electron chi connectivity index (χ0n) is 13.3. The minimum absolute atomic E-state index is 0.0251. The van der Waals surface area contributed by atoms with Gasteiger partial charge in [-0.3, -0.25) is 4.79 Å². The van der Waals surface area contributed by atoms with E-state index in [1.165, 1.54) is 25.1 Å². The third kappa shape index (κ3) is 3.57. The Morgan fingerprint density at radius 1 is 1.32 bits per heavy atom. The van der Waals surface area contributed by atoms with Crippen LogP contribution in [-0.4, -0.2) is 31.3 Å². The molecule has 6 nitrogen and oxygen atoms in total. The van der Waals surface area contributed by atoms with Gasteiger partial charge in [-0.1, -0.05) is 18.5 Å². The molecule has 2 N–H and O–H groups in total. The number of phenols is 1. The number of amides is 1. The van der Waals surface area contributed by atoms with Gasteiger partial charge in [-0.05, 0) is 42.0 Å². The first-order valence-electron chi connectivity index (χ1n) is 7.62. The van der Waals surface area contributed by atoms with Crippen molar-refractivity contribution in [2.24, 2.45) is 0 Å². The fourth-order valence-electron chi connectivity index (χ4n) is 2.55. The minimum Gasteiger partial charge on any atom is -0.506 e. The number of ether oxygens (including phenoxy) is 1. The molecule has 25 heavy (non-hydrogen) atoms. The monoisotopic (exact) mass is 381 g/mol. The van der Waals surface area contributed by atoms with Crippen LogP contribution in [0, 0.1) is 0 Å². The molecule has 0 spiro atoms. The van der Waals surface area contributed by atoms with Crippen molar-refractivity contribution in [3.05, 3.63) is 47.0 Å². The molecular formula is C17H16ClNO5S. The van der Waals surface area contributed by atoms with E-state index in [2.05, 4.69) is 5.32 Å². The fourth-order valence-corrected chi connectivity index (χ4v) is 3.65. The van der Waals surface area contributed by atoms with Gasteiger partial charge < -0.3 is 15.2 Å². The van der Waals surface area contributed by atoms with Gasteiger partial charge in [-0.15, -0.1) is 0 Å². The minimum atomic E-state index is -3.45. The molecule has 3 rings (SSSR count). The molecule has 1 amide bonds. The van der Waals surface area contributed by atoms with Crippen molar-refractivity contribution in [1.29, 1.82) is 0 Å². The second-order valence-electron chi connectivity index (χ2n) is 5.63. The molecule has 0 fully saturated rings. The Labute approximate surface area is 150 Å². The lowest BCUT2D eigenvalue weighted by Gasteiger charge is -2.13. The number of nitrogens with one attached hydrogen (secondary N) is 1. The molecule has 0 saturated heterocycles. The van der Waals surface area contributed by atoms with E-state index >= 15 is 0 Å². The molecule has 1 atom stereocenters. The zero-order chi connectivity index (χ0) is 18.2. The number of aromatic hydroxyl groups is 1. The average molecular weight is 382 g/mol. The smallest absolute Gasteiger partial charge is 0.265 e. The van der Waals surface area contributed by atoms with E-state index in [1.54, 1.807) is 18.2 Å². The Morgan fingerprint density at radius 3 is 2.80 bits per heavy atom. The van der Waals surface area contributed by atoms with Gasteiger partial charge in [-0.2, -0.15) is 0 Å². The SMILES string of the molecule is CCS(=O)(=O)c1ccc(O)c(NC(=O)C2Cc3cc(Cl)ccc3O2)c1. The molecule has 1 unspecified atom stereocenters. The van der Waals surface area contributed by atoms with Crippen LogP contribution in [0.5, 0.6) is 11.5 Å². The fraction of sp³-hybridized carbons (Fsp3) is 0.235. The first-order chi connectivity index (χ1) is 11.8. The molecule has 1 heterocycles. The van der Waals surface area contributed by atoms with Gasteiger partial charge in [0, 0.05) is 11.4 Å². The number of halogens is 1. The number of hydrogen-bond acceptors (Lipinski definition) is 5. The van der Waals surface area contributed by atoms with Crippen molar-refractivity contribution >= 4 is 33.0 Å². The number of carbonyl (C=O) groups excluding carboxylic acids is 1. The molecule has 2 aromatic carbocycles. The number of carbonyl (C=O) groups is 1. The molecule has 132 valence electrons. The summed E-state index contributed by atoms with van der Waals surface area (Å²) in [5.41, 5.74) is 0.844. The Hall–Kier alpha value is -2.25. The molecule has 0 aromatic heterocycles. The molecule has 0 radical (unpaired) electrons. The summed E-state index contributed by atoms with van der Waals surface area (Å²) in [5, 5.41) is 13.0. The predicted molar refractivity (Wildman–Crippen MR) is 94.0 cm³/mol. The first-order valence-corrected chi connectivity index (χ1v) is 9.65. The number of anilines is 1. The van der Waals surface area contributed by atoms with Crippen LogP contribution in [0.2, 0.25) is 5.02 Å². The summed E-state index contributed by atoms with van der Waals surface area (Å²) in [6, 6.07) is 8.87. The highest BCUT2D eigenvalue weighted by atomic mass is 35.5. The molecule has 0 bridgehead atoms. The van der Waals surface area contributed by atoms with Crippen LogP contribution in [0.15, 0.2) is 41.3 Å². The lowest BCUT2D eigenvalue weighted by atomic mass is 10.1. The van der Waals surface area contributed by atoms with Crippen LogP contribution >= 0.6 is 11.6 Å². The zero-order valence-corrected chi connectivity index (χ0v) is 14.9. The Morgan fingerprint density at radius 2 is 2.08 bits per heavy atom. The normalized spacial score (nSPS) is 16.2. The number of phenolic OH excluding ortho intramolecular Hbond substituents is 1. The highest BCUT2D eigenvalue weighted by molar-refractivity contribution is 7.91. The summed E-state index contributed by atoms with van der Waals surface area (Å²) in [5.74, 6) is -0.195. The molecule has 0 aliphatic carbocycles. The second-order valence-corrected chi connectivity index (χ2v) is 8.35. The lowest BCUT2D eigenvalue weighted by Crippen LogP contribution is -2.31. The maximum Gasteiger partial charge on any atom is 0.265 e. The maximum atomic E-state index is 12.4. The Kier molecular flexibility index (Phi) is 4.62. The van der Waals surface area contributed by atoms with Crippen molar-refractivity contribution in [2.45, 2.75) is 24.3 Å². The summed E-state index contributed by atoms with van der Waals surface area (Å²) in [7, 11) is -3.45. The van der Waals surface area contributed by atoms with E-state index in [-0.39, 0.29) is 22.1 Å². The van der Waals surface area contributed by atoms with Gasteiger partial charge in [-0.25, -0.2) is 8.42 Å². The molecule has 2 aromatic rings. The third-order valence-corrected chi connectivity index (χ3v) is 5.92. The van der Waals surface area contributed by atoms with Gasteiger partial charge in [0.05, 0.1) is 16.3 Å². The van der Waals surface area contributed by atoms with Crippen LogP contribution < -0.4 is 10.1 Å². The number of sulfone groups is 1. The standard InChI is InChI=1S/C17H16ClNO5S/c1-2-25(22,23)12-4-5-14(20)13(9-12)19-17(21)16-8-10-7-11(18)3-6-15(10)24-16/h3-7,9,16,20H,2,8H2,1H3,(H,19,21). The summed E-state index contributed by atoms with van der Waals surface area (Å²) < 4.78 is 29.5. The molecular weight excluding hydrogens is 366 g/mol. The number of benzene rings is 2. The van der Waals surface area contributed by atoms with Gasteiger partial charge in [0.2, 0.25) is 0 Å². The van der Waals surface area contributed by atoms with Gasteiger partial charge in [0.15, 0.2) is 15.9 Å². The third-order valence-electron chi connectivity index (χ3n) is 3.95. The van der Waals surface area contributed by atoms with E-state index < -0.39 is 21.8 Å². The van der Waals surface area contributed by atoms with Crippen molar-refractivity contribution in [1.82, 2.24) is 0 Å². The quantitative estimate of drug-likeness (QED) is 0.794. The van der Waals surface area contributed by atoms with Crippen LogP contribution in [0.25, 0.3) is 0 Å². The lowest BCUT2D eigenvalue weighted by molar-refractivity contribution is -0.122. The van der Waals surface area contributed by atoms with Crippen LogP contribution in [0.4, 0.5) is 5.69 Å². The summed E-state index contributed by atoms with van der Waals surface area (Å²) in [6.07, 6.45) is -0.436. The highest BCUT2D eigenvalue weighted by Crippen LogP contribution is 2.32. The number of hydrogen-bond donors (Lipinski definition) is 2. The van der Waals surface area contributed by atoms with Crippen molar-refractivity contribution in [2.75, 3.05) is 11.1 Å². The average Bonchev–Trinajstić information content (AvgIpc) is 2.99. The maximum absolute atomic E-state index is 12.4. The van der Waals surface area contributed by atoms with E-state index in [4.69, 9.17) is 16.3 Å². The van der Waals surface area contributed by atoms with E-state index in [1.807, 2.05) is 0 Å². The number of fused-ring (bicyclic) bond motifs is 1. The highest BCUT2D eigenvalue weighted by Gasteiger charge is 2.30. The van der Waals surface area contributed by atoms with Gasteiger partial charge in [0.1, 0.15) is 11.5 Å². The summed E-state index contributed by atoms with van der Waals surface area (Å²) >= 11 is 5.93. The van der Waals surface area contributed by atoms with Crippen molar-refractivity contribution in [3.8, 4) is 11.5 Å². The van der Waals surface area contributed by atoms with Crippen LogP contribution in [-0.2, 0) is 21.1 Å². The van der Waals surface area contributed by atoms with E-state index in [0.29, 0.717) is 17.2 Å². The predicted octanol–water partition coefficient (Wildman–Crippen LogP) is 2.78. The second kappa shape index (κ2) is 6.57. The largest absolute Gasteiger partial charge is 0.506 e. The van der Waals surface area contributed by atoms with Gasteiger partial charge >= 0.3 is 0 Å². The summed E-state index contributed by atoms with van der Waals surface area (Å²) in [6.45, 7) is 1.52. The molecule has 1 aliphatic heterocycles. The van der Waals surface area contributed by atoms with Crippen LogP contribution in [0.1, 0.15) is 12.5 Å². The topological polar surface area (TPSA) is 92.7 Å². The molecule has 8 heteroatoms. The van der Waals surface area contributed by atoms with Crippen LogP contribution in [0.3, 0.4) is 0 Å². The Balaban J connectivity index is 1.79. The molecule has 0 saturated carbocycles.